The Labute approximate surface area is 121 Å². The highest BCUT2D eigenvalue weighted by Gasteiger charge is 2.09. The number of nitriles is 1. The van der Waals surface area contributed by atoms with Crippen molar-refractivity contribution in [3.05, 3.63) is 29.6 Å². The van der Waals surface area contributed by atoms with Crippen LogP contribution in [0.4, 0.5) is 14.9 Å². The maximum absolute atomic E-state index is 13.1. The zero-order chi connectivity index (χ0) is 15.8. The molecule has 0 aliphatic carbocycles. The van der Waals surface area contributed by atoms with Crippen LogP contribution in [-0.4, -0.2) is 23.7 Å². The van der Waals surface area contributed by atoms with Gasteiger partial charge in [0.25, 0.3) is 0 Å². The molecule has 0 aliphatic heterocycles. The fraction of sp³-hybridized carbons (Fsp3) is 0.357. The molecule has 3 N–H and O–H groups in total. The number of anilines is 1. The van der Waals surface area contributed by atoms with E-state index in [1.807, 2.05) is 6.92 Å². The van der Waals surface area contributed by atoms with Crippen molar-refractivity contribution in [3.8, 4) is 6.07 Å². The second-order valence-electron chi connectivity index (χ2n) is 4.68. The van der Waals surface area contributed by atoms with Crippen LogP contribution in [0.3, 0.4) is 0 Å². The van der Waals surface area contributed by atoms with Crippen LogP contribution in [-0.2, 0) is 4.79 Å². The Morgan fingerprint density at radius 2 is 2.19 bits per heavy atom. The summed E-state index contributed by atoms with van der Waals surface area (Å²) in [7, 11) is 0. The molecule has 0 saturated carbocycles. The van der Waals surface area contributed by atoms with Crippen molar-refractivity contribution >= 4 is 17.7 Å². The van der Waals surface area contributed by atoms with Gasteiger partial charge in [-0.15, -0.1) is 0 Å². The Balaban J connectivity index is 2.44. The summed E-state index contributed by atoms with van der Waals surface area (Å²) in [6.07, 6.45) is 0.513. The molecule has 7 heteroatoms. The van der Waals surface area contributed by atoms with Crippen molar-refractivity contribution in [2.45, 2.75) is 19.8 Å². The highest BCUT2D eigenvalue weighted by atomic mass is 19.1. The molecule has 1 unspecified atom stereocenters. The van der Waals surface area contributed by atoms with E-state index >= 15 is 0 Å². The topological polar surface area (TPSA) is 102 Å². The number of nitrogens with one attached hydrogen (secondary N) is 2. The zero-order valence-corrected chi connectivity index (χ0v) is 11.5. The quantitative estimate of drug-likeness (QED) is 0.749. The van der Waals surface area contributed by atoms with Gasteiger partial charge < -0.3 is 15.7 Å². The lowest BCUT2D eigenvalue weighted by Crippen LogP contribution is -2.32. The van der Waals surface area contributed by atoms with Crippen LogP contribution in [0.5, 0.6) is 0 Å². The lowest BCUT2D eigenvalue weighted by Gasteiger charge is -2.12. The molecular formula is C14H16FN3O3. The first-order valence-corrected chi connectivity index (χ1v) is 6.38. The van der Waals surface area contributed by atoms with Crippen LogP contribution in [0.15, 0.2) is 18.2 Å². The number of nitrogens with zero attached hydrogens (tertiary/aromatic N) is 1. The normalized spacial score (nSPS) is 11.3. The molecule has 0 aliphatic rings. The molecule has 0 saturated heterocycles. The molecule has 1 aromatic rings. The molecule has 1 aromatic carbocycles. The second kappa shape index (κ2) is 7.85. The predicted molar refractivity (Wildman–Crippen MR) is 74.2 cm³/mol. The van der Waals surface area contributed by atoms with Crippen LogP contribution in [0.2, 0.25) is 0 Å². The first-order valence-electron chi connectivity index (χ1n) is 6.38. The van der Waals surface area contributed by atoms with Gasteiger partial charge in [0.2, 0.25) is 0 Å². The van der Waals surface area contributed by atoms with Crippen LogP contribution in [0, 0.1) is 23.1 Å². The molecule has 1 atom stereocenters. The Bertz CT molecular complexity index is 569. The number of hydrogen-bond donors (Lipinski definition) is 3. The molecular weight excluding hydrogens is 277 g/mol. The SMILES string of the molecule is CC(CCC(=O)O)CNC(=O)Nc1ccc(F)c(C#N)c1. The molecule has 0 radical (unpaired) electrons. The van der Waals surface area contributed by atoms with E-state index in [0.29, 0.717) is 18.7 Å². The number of carboxylic acids is 1. The van der Waals surface area contributed by atoms with Gasteiger partial charge >= 0.3 is 12.0 Å². The molecule has 112 valence electrons. The third-order valence-corrected chi connectivity index (χ3v) is 2.81. The summed E-state index contributed by atoms with van der Waals surface area (Å²) in [6, 6.07) is 4.88. The third kappa shape index (κ3) is 5.91. The Kier molecular flexibility index (Phi) is 6.14. The largest absolute Gasteiger partial charge is 0.481 e. The number of carboxylic acid groups (broad SMARTS) is 1. The number of hydrogen-bond acceptors (Lipinski definition) is 3. The summed E-state index contributed by atoms with van der Waals surface area (Å²) in [5, 5.41) is 22.3. The van der Waals surface area contributed by atoms with Crippen LogP contribution >= 0.6 is 0 Å². The van der Waals surface area contributed by atoms with Gasteiger partial charge in [0.1, 0.15) is 11.9 Å². The zero-order valence-electron chi connectivity index (χ0n) is 11.5. The maximum Gasteiger partial charge on any atom is 0.319 e. The lowest BCUT2D eigenvalue weighted by molar-refractivity contribution is -0.137. The minimum Gasteiger partial charge on any atom is -0.481 e. The fourth-order valence-electron chi connectivity index (χ4n) is 1.60. The van der Waals surface area contributed by atoms with Crippen molar-refractivity contribution in [1.29, 1.82) is 5.26 Å². The van der Waals surface area contributed by atoms with Crippen molar-refractivity contribution < 1.29 is 19.1 Å². The Hall–Kier alpha value is -2.62. The van der Waals surface area contributed by atoms with E-state index in [2.05, 4.69) is 10.6 Å². The summed E-state index contributed by atoms with van der Waals surface area (Å²) in [4.78, 5) is 22.0. The summed E-state index contributed by atoms with van der Waals surface area (Å²) in [5.41, 5.74) is 0.159. The highest BCUT2D eigenvalue weighted by Crippen LogP contribution is 2.13. The second-order valence-corrected chi connectivity index (χ2v) is 4.68. The van der Waals surface area contributed by atoms with Gasteiger partial charge in [-0.1, -0.05) is 6.92 Å². The summed E-state index contributed by atoms with van der Waals surface area (Å²) >= 11 is 0. The number of benzene rings is 1. The molecule has 0 fully saturated rings. The van der Waals surface area contributed by atoms with E-state index in [0.717, 1.165) is 6.07 Å². The summed E-state index contributed by atoms with van der Waals surface area (Å²) in [6.45, 7) is 2.15. The van der Waals surface area contributed by atoms with Crippen molar-refractivity contribution in [3.63, 3.8) is 0 Å². The Morgan fingerprint density at radius 1 is 1.48 bits per heavy atom. The minimum absolute atomic E-state index is 0.0229. The summed E-state index contributed by atoms with van der Waals surface area (Å²) < 4.78 is 13.1. The molecule has 0 spiro atoms. The smallest absolute Gasteiger partial charge is 0.319 e. The molecule has 21 heavy (non-hydrogen) atoms. The van der Waals surface area contributed by atoms with E-state index in [1.54, 1.807) is 6.07 Å². The third-order valence-electron chi connectivity index (χ3n) is 2.81. The minimum atomic E-state index is -0.873. The fourth-order valence-corrected chi connectivity index (χ4v) is 1.60. The number of carbonyl (C=O) groups is 2. The summed E-state index contributed by atoms with van der Waals surface area (Å²) in [5.74, 6) is -1.50. The van der Waals surface area contributed by atoms with E-state index < -0.39 is 17.8 Å². The standard InChI is InChI=1S/C14H16FN3O3/c1-9(2-5-13(19)20)8-17-14(21)18-11-3-4-12(15)10(6-11)7-16/h3-4,6,9H,2,5,8H2,1H3,(H,19,20)(H2,17,18,21). The first-order chi connectivity index (χ1) is 9.92. The number of aliphatic carboxylic acids is 1. The lowest BCUT2D eigenvalue weighted by atomic mass is 10.1. The van der Waals surface area contributed by atoms with Crippen LogP contribution < -0.4 is 10.6 Å². The monoisotopic (exact) mass is 293 g/mol. The van der Waals surface area contributed by atoms with Crippen LogP contribution in [0.1, 0.15) is 25.3 Å². The number of rotatable bonds is 6. The van der Waals surface area contributed by atoms with Crippen molar-refractivity contribution in [2.75, 3.05) is 11.9 Å². The molecule has 1 rings (SSSR count). The van der Waals surface area contributed by atoms with Crippen molar-refractivity contribution in [1.82, 2.24) is 5.32 Å². The Morgan fingerprint density at radius 3 is 2.81 bits per heavy atom. The van der Waals surface area contributed by atoms with Gasteiger partial charge in [-0.25, -0.2) is 9.18 Å². The van der Waals surface area contributed by atoms with E-state index in [1.165, 1.54) is 12.1 Å². The van der Waals surface area contributed by atoms with Gasteiger partial charge in [-0.05, 0) is 30.5 Å². The van der Waals surface area contributed by atoms with Gasteiger partial charge in [-0.2, -0.15) is 5.26 Å². The molecule has 0 bridgehead atoms. The van der Waals surface area contributed by atoms with E-state index in [-0.39, 0.29) is 17.9 Å². The van der Waals surface area contributed by atoms with Gasteiger partial charge in [-0.3, -0.25) is 4.79 Å². The van der Waals surface area contributed by atoms with Gasteiger partial charge in [0.15, 0.2) is 0 Å². The maximum atomic E-state index is 13.1. The van der Waals surface area contributed by atoms with Crippen molar-refractivity contribution in [2.24, 2.45) is 5.92 Å². The first kappa shape index (κ1) is 16.4. The highest BCUT2D eigenvalue weighted by molar-refractivity contribution is 5.89. The molecule has 0 heterocycles. The molecule has 6 nitrogen and oxygen atoms in total. The molecule has 0 aromatic heterocycles. The molecule has 2 amide bonds. The van der Waals surface area contributed by atoms with Crippen LogP contribution in [0.25, 0.3) is 0 Å². The number of urea groups is 1. The van der Waals surface area contributed by atoms with Gasteiger partial charge in [0.05, 0.1) is 5.56 Å². The number of amides is 2. The average molecular weight is 293 g/mol. The average Bonchev–Trinajstić information content (AvgIpc) is 2.44. The number of halogens is 1. The predicted octanol–water partition coefficient (Wildman–Crippen LogP) is 2.32. The number of carbonyl (C=O) groups excluding carboxylic acids is 1. The van der Waals surface area contributed by atoms with Gasteiger partial charge in [0, 0.05) is 18.7 Å². The van der Waals surface area contributed by atoms with E-state index in [4.69, 9.17) is 10.4 Å². The van der Waals surface area contributed by atoms with E-state index in [9.17, 15) is 14.0 Å².